The molecule has 1 aliphatic carbocycles. The SMILES string of the molecule is CC(C)Cc1cc(-c2ccccc2)ncc1[Si](C)(C)C.CC(C)Cc1ccnc(-c2ccccc2)c1.[Ir].c1ccc(-c2ccc(-c3cc(C4CCCCC4)ccn3)c3oc4ccccc4c23)cc1. The standard InChI is InChI=1S/C29H25NO.C18H25NSi.C15H17N.Ir/c1-3-9-20(10-4-1)22-17-18-30-26(19-22)24-16-15-23(21-11-5-2-6-12-21)28-25-13-7-8-14-27(25)31-29(24)28;1-14(2)11-16-12-17(15-9-7-6-8-10-15)19-13-18(16)20(3,4)5;1-12(2)10-13-8-9-16-15(11-13)14-6-4-3-5-7-14;/h2,5-8,11-20H,1,3-4,9-10H2;6-10,12-14H,11H2,1-5H3;3-9,11-12H,10H2,1-2H3;. The Morgan fingerprint density at radius 2 is 1.10 bits per heavy atom. The van der Waals surface area contributed by atoms with Crippen molar-refractivity contribution >= 4 is 35.2 Å². The Kier molecular flexibility index (Phi) is 17.3. The zero-order valence-electron chi connectivity index (χ0n) is 41.0. The molecule has 0 aliphatic heterocycles. The molecule has 0 saturated heterocycles. The van der Waals surface area contributed by atoms with E-state index in [1.807, 2.05) is 36.7 Å². The molecule has 10 rings (SSSR count). The molecule has 1 saturated carbocycles. The quantitative estimate of drug-likeness (QED) is 0.128. The van der Waals surface area contributed by atoms with Crippen LogP contribution < -0.4 is 5.19 Å². The summed E-state index contributed by atoms with van der Waals surface area (Å²) in [5.74, 6) is 2.02. The molecule has 1 fully saturated rings. The van der Waals surface area contributed by atoms with Crippen molar-refractivity contribution in [2.24, 2.45) is 11.8 Å². The zero-order chi connectivity index (χ0) is 46.8. The van der Waals surface area contributed by atoms with Gasteiger partial charge in [0.05, 0.1) is 25.2 Å². The van der Waals surface area contributed by atoms with E-state index in [0.29, 0.717) is 17.8 Å². The van der Waals surface area contributed by atoms with Crippen LogP contribution in [-0.4, -0.2) is 23.0 Å². The van der Waals surface area contributed by atoms with Gasteiger partial charge in [0, 0.05) is 66.2 Å². The molecule has 4 nitrogen and oxygen atoms in total. The smallest absolute Gasteiger partial charge is 0.145 e. The fourth-order valence-electron chi connectivity index (χ4n) is 9.56. The Morgan fingerprint density at radius 1 is 0.544 bits per heavy atom. The van der Waals surface area contributed by atoms with Gasteiger partial charge in [-0.1, -0.05) is 182 Å². The van der Waals surface area contributed by atoms with Gasteiger partial charge >= 0.3 is 0 Å². The predicted octanol–water partition coefficient (Wildman–Crippen LogP) is 16.8. The van der Waals surface area contributed by atoms with Gasteiger partial charge in [0.15, 0.2) is 0 Å². The third-order valence-electron chi connectivity index (χ3n) is 12.8. The topological polar surface area (TPSA) is 51.8 Å². The van der Waals surface area contributed by atoms with Gasteiger partial charge in [-0.15, -0.1) is 0 Å². The van der Waals surface area contributed by atoms with Crippen LogP contribution >= 0.6 is 0 Å². The van der Waals surface area contributed by atoms with Gasteiger partial charge in [-0.3, -0.25) is 15.0 Å². The molecule has 0 unspecified atom stereocenters. The van der Waals surface area contributed by atoms with Crippen LogP contribution in [0.5, 0.6) is 0 Å². The minimum absolute atomic E-state index is 0. The van der Waals surface area contributed by atoms with Crippen LogP contribution in [0.3, 0.4) is 0 Å². The zero-order valence-corrected chi connectivity index (χ0v) is 44.4. The van der Waals surface area contributed by atoms with E-state index in [1.165, 1.54) is 81.6 Å². The van der Waals surface area contributed by atoms with Gasteiger partial charge < -0.3 is 4.42 Å². The Bertz CT molecular complexity index is 2990. The molecule has 68 heavy (non-hydrogen) atoms. The van der Waals surface area contributed by atoms with Crippen molar-refractivity contribution in [2.45, 2.75) is 98.2 Å². The molecule has 5 aromatic carbocycles. The van der Waals surface area contributed by atoms with Crippen LogP contribution in [0.25, 0.3) is 66.8 Å². The second-order valence-electron chi connectivity index (χ2n) is 20.1. The van der Waals surface area contributed by atoms with E-state index >= 15 is 0 Å². The number of fused-ring (bicyclic) bond motifs is 3. The first-order valence-corrected chi connectivity index (χ1v) is 28.0. The van der Waals surface area contributed by atoms with E-state index < -0.39 is 8.07 Å². The molecule has 0 atom stereocenters. The summed E-state index contributed by atoms with van der Waals surface area (Å²) in [6.45, 7) is 16.3. The Balaban J connectivity index is 0.000000161. The largest absolute Gasteiger partial charge is 0.455 e. The summed E-state index contributed by atoms with van der Waals surface area (Å²) in [4.78, 5) is 13.9. The number of hydrogen-bond donors (Lipinski definition) is 0. The van der Waals surface area contributed by atoms with Gasteiger partial charge in [-0.2, -0.15) is 0 Å². The minimum Gasteiger partial charge on any atom is -0.455 e. The van der Waals surface area contributed by atoms with E-state index in [2.05, 4.69) is 192 Å². The fourth-order valence-corrected chi connectivity index (χ4v) is 11.1. The van der Waals surface area contributed by atoms with E-state index in [1.54, 1.807) is 0 Å². The summed E-state index contributed by atoms with van der Waals surface area (Å²) >= 11 is 0. The van der Waals surface area contributed by atoms with Crippen LogP contribution in [-0.2, 0) is 32.9 Å². The first-order chi connectivity index (χ1) is 32.5. The van der Waals surface area contributed by atoms with Gasteiger partial charge in [0.2, 0.25) is 0 Å². The number of benzene rings is 5. The molecule has 0 bridgehead atoms. The van der Waals surface area contributed by atoms with E-state index in [9.17, 15) is 0 Å². The molecule has 0 spiro atoms. The Labute approximate surface area is 420 Å². The summed E-state index contributed by atoms with van der Waals surface area (Å²) in [6.07, 6.45) is 14.9. The molecule has 349 valence electrons. The maximum absolute atomic E-state index is 6.45. The second-order valence-corrected chi connectivity index (χ2v) is 25.1. The fraction of sp³-hybridized carbons (Fsp3) is 0.274. The summed E-state index contributed by atoms with van der Waals surface area (Å²) in [5, 5.41) is 3.83. The normalized spacial score (nSPS) is 12.8. The van der Waals surface area contributed by atoms with Gasteiger partial charge in [-0.25, -0.2) is 0 Å². The maximum atomic E-state index is 6.45. The molecule has 4 heterocycles. The van der Waals surface area contributed by atoms with Gasteiger partial charge in [0.1, 0.15) is 11.2 Å². The molecular weight excluding hydrogens is 1020 g/mol. The summed E-state index contributed by atoms with van der Waals surface area (Å²) in [5.41, 5.74) is 15.2. The van der Waals surface area contributed by atoms with Crippen LogP contribution in [0.15, 0.2) is 181 Å². The van der Waals surface area contributed by atoms with Crippen LogP contribution in [0.2, 0.25) is 19.6 Å². The van der Waals surface area contributed by atoms with E-state index in [0.717, 1.165) is 52.0 Å². The number of aromatic nitrogens is 3. The molecular formula is C62H67IrN3OSi. The van der Waals surface area contributed by atoms with Crippen molar-refractivity contribution in [3.63, 3.8) is 0 Å². The van der Waals surface area contributed by atoms with Crippen LogP contribution in [0.4, 0.5) is 0 Å². The second kappa shape index (κ2) is 23.5. The average Bonchev–Trinajstić information content (AvgIpc) is 3.75. The first kappa shape index (κ1) is 50.1. The Hall–Kier alpha value is -5.78. The number of nitrogens with zero attached hydrogens (tertiary/aromatic N) is 3. The number of hydrogen-bond acceptors (Lipinski definition) is 4. The molecule has 1 radical (unpaired) electrons. The molecule has 0 N–H and O–H groups in total. The summed E-state index contributed by atoms with van der Waals surface area (Å²) in [6, 6.07) is 55.2. The third-order valence-corrected chi connectivity index (χ3v) is 14.8. The molecule has 0 amide bonds. The van der Waals surface area contributed by atoms with Crippen LogP contribution in [0.1, 0.15) is 82.4 Å². The van der Waals surface area contributed by atoms with E-state index in [-0.39, 0.29) is 20.1 Å². The molecule has 9 aromatic rings. The van der Waals surface area contributed by atoms with Crippen molar-refractivity contribution in [2.75, 3.05) is 0 Å². The van der Waals surface area contributed by atoms with Crippen molar-refractivity contribution < 1.29 is 24.5 Å². The number of para-hydroxylation sites is 1. The maximum Gasteiger partial charge on any atom is 0.145 e. The molecule has 4 aromatic heterocycles. The van der Waals surface area contributed by atoms with Crippen molar-refractivity contribution in [3.8, 4) is 44.9 Å². The van der Waals surface area contributed by atoms with Gasteiger partial charge in [-0.05, 0) is 119 Å². The van der Waals surface area contributed by atoms with Crippen molar-refractivity contribution in [1.29, 1.82) is 0 Å². The molecule has 1 aliphatic rings. The number of pyridine rings is 3. The monoisotopic (exact) mass is 1090 g/mol. The summed E-state index contributed by atoms with van der Waals surface area (Å²) in [7, 11) is -1.33. The summed E-state index contributed by atoms with van der Waals surface area (Å²) < 4.78 is 6.45. The number of rotatable bonds is 10. The van der Waals surface area contributed by atoms with Gasteiger partial charge in [0.25, 0.3) is 0 Å². The predicted molar refractivity (Wildman–Crippen MR) is 288 cm³/mol. The van der Waals surface area contributed by atoms with E-state index in [4.69, 9.17) is 14.4 Å². The average molecular weight is 1090 g/mol. The van der Waals surface area contributed by atoms with Crippen molar-refractivity contribution in [3.05, 3.63) is 193 Å². The Morgan fingerprint density at radius 3 is 1.74 bits per heavy atom. The number of furan rings is 1. The van der Waals surface area contributed by atoms with Crippen LogP contribution in [0, 0.1) is 11.8 Å². The first-order valence-electron chi connectivity index (χ1n) is 24.5. The minimum atomic E-state index is -1.33. The third kappa shape index (κ3) is 12.6. The van der Waals surface area contributed by atoms with Crippen molar-refractivity contribution in [1.82, 2.24) is 15.0 Å². The molecule has 6 heteroatoms.